The van der Waals surface area contributed by atoms with Gasteiger partial charge in [0.2, 0.25) is 0 Å². The number of carboxylic acids is 1. The highest BCUT2D eigenvalue weighted by Gasteiger charge is 2.41. The summed E-state index contributed by atoms with van der Waals surface area (Å²) in [4.78, 5) is 29.8. The van der Waals surface area contributed by atoms with Crippen molar-refractivity contribution in [1.82, 2.24) is 19.8 Å². The molecule has 2 unspecified atom stereocenters. The lowest BCUT2D eigenvalue weighted by atomic mass is 10.0. The Labute approximate surface area is 190 Å². The highest BCUT2D eigenvalue weighted by Crippen LogP contribution is 2.39. The number of rotatable bonds is 7. The van der Waals surface area contributed by atoms with E-state index in [0.29, 0.717) is 11.7 Å². The number of carbonyl (C=O) groups excluding carboxylic acids is 1. The summed E-state index contributed by atoms with van der Waals surface area (Å²) >= 11 is 5.62. The molecule has 0 spiro atoms. The summed E-state index contributed by atoms with van der Waals surface area (Å²) in [5.41, 5.74) is 2.62. The summed E-state index contributed by atoms with van der Waals surface area (Å²) in [6, 6.07) is 15.8. The maximum atomic E-state index is 11.8. The second-order valence-corrected chi connectivity index (χ2v) is 7.69. The number of hydrogen-bond acceptors (Lipinski definition) is 5. The van der Waals surface area contributed by atoms with Crippen molar-refractivity contribution >= 4 is 29.3 Å². The predicted octanol–water partition coefficient (Wildman–Crippen LogP) is 3.11. The number of pyridine rings is 1. The molecule has 4 rings (SSSR count). The van der Waals surface area contributed by atoms with Gasteiger partial charge in [0, 0.05) is 30.3 Å². The molecule has 3 aromatic rings. The van der Waals surface area contributed by atoms with Crippen LogP contribution in [0.1, 0.15) is 40.3 Å². The Bertz CT molecular complexity index is 1150. The van der Waals surface area contributed by atoms with Gasteiger partial charge in [-0.2, -0.15) is 0 Å². The Kier molecular flexibility index (Phi) is 6.18. The monoisotopic (exact) mass is 450 g/mol. The molecule has 0 bridgehead atoms. The number of methoxy groups -OCH3 is 1. The smallest absolute Gasteiger partial charge is 0.335 e. The van der Waals surface area contributed by atoms with Crippen LogP contribution in [0.3, 0.4) is 0 Å². The first-order valence-corrected chi connectivity index (χ1v) is 10.5. The molecule has 9 heteroatoms. The van der Waals surface area contributed by atoms with Gasteiger partial charge in [-0.1, -0.05) is 12.1 Å². The average molecular weight is 451 g/mol. The molecule has 2 atom stereocenters. The number of nitrogens with one attached hydrogen (secondary N) is 1. The van der Waals surface area contributed by atoms with Crippen LogP contribution in [-0.4, -0.2) is 50.3 Å². The van der Waals surface area contributed by atoms with E-state index >= 15 is 0 Å². The first kappa shape index (κ1) is 21.5. The quantitative estimate of drug-likeness (QED) is 0.419. The fourth-order valence-corrected chi connectivity index (χ4v) is 4.27. The number of carbonyl (C=O) groups is 2. The SMILES string of the molecule is COC(=O)CCN1C(=S)NC(c2ccccn2)C1c1cccn1-c1cccc(C(=O)O)c1. The summed E-state index contributed by atoms with van der Waals surface area (Å²) in [6.07, 6.45) is 3.79. The lowest BCUT2D eigenvalue weighted by Crippen LogP contribution is -2.32. The maximum Gasteiger partial charge on any atom is 0.335 e. The van der Waals surface area contributed by atoms with E-state index in [2.05, 4.69) is 10.3 Å². The highest BCUT2D eigenvalue weighted by atomic mass is 32.1. The van der Waals surface area contributed by atoms with Gasteiger partial charge in [-0.3, -0.25) is 9.78 Å². The van der Waals surface area contributed by atoms with E-state index in [1.165, 1.54) is 7.11 Å². The minimum absolute atomic E-state index is 0.180. The van der Waals surface area contributed by atoms with E-state index in [4.69, 9.17) is 17.0 Å². The Morgan fingerprint density at radius 3 is 2.75 bits per heavy atom. The number of benzene rings is 1. The van der Waals surface area contributed by atoms with Crippen molar-refractivity contribution in [2.45, 2.75) is 18.5 Å². The van der Waals surface area contributed by atoms with Crippen LogP contribution in [0.25, 0.3) is 5.69 Å². The Hall–Kier alpha value is -3.72. The summed E-state index contributed by atoms with van der Waals surface area (Å²) in [5.74, 6) is -1.31. The molecular weight excluding hydrogens is 428 g/mol. The Morgan fingerprint density at radius 1 is 1.19 bits per heavy atom. The number of ether oxygens (including phenoxy) is 1. The molecule has 1 fully saturated rings. The van der Waals surface area contributed by atoms with Crippen LogP contribution in [0.15, 0.2) is 67.0 Å². The van der Waals surface area contributed by atoms with Gasteiger partial charge in [-0.15, -0.1) is 0 Å². The zero-order chi connectivity index (χ0) is 22.7. The van der Waals surface area contributed by atoms with Crippen LogP contribution in [0, 0.1) is 0 Å². The third-order valence-electron chi connectivity index (χ3n) is 5.44. The van der Waals surface area contributed by atoms with E-state index in [9.17, 15) is 14.7 Å². The van der Waals surface area contributed by atoms with Crippen molar-refractivity contribution in [3.8, 4) is 5.69 Å². The van der Waals surface area contributed by atoms with E-state index in [0.717, 1.165) is 17.1 Å². The summed E-state index contributed by atoms with van der Waals surface area (Å²) in [7, 11) is 1.36. The summed E-state index contributed by atoms with van der Waals surface area (Å²) in [5, 5.41) is 13.3. The van der Waals surface area contributed by atoms with Gasteiger partial charge in [0.15, 0.2) is 5.11 Å². The van der Waals surface area contributed by atoms with Gasteiger partial charge in [-0.25, -0.2) is 4.79 Å². The van der Waals surface area contributed by atoms with Crippen molar-refractivity contribution in [3.63, 3.8) is 0 Å². The van der Waals surface area contributed by atoms with E-state index < -0.39 is 5.97 Å². The zero-order valence-electron chi connectivity index (χ0n) is 17.3. The lowest BCUT2D eigenvalue weighted by molar-refractivity contribution is -0.140. The number of thiocarbonyl (C=S) groups is 1. The molecule has 0 saturated carbocycles. The van der Waals surface area contributed by atoms with Crippen molar-refractivity contribution < 1.29 is 19.4 Å². The molecular formula is C23H22N4O4S. The molecule has 1 saturated heterocycles. The normalized spacial score (nSPS) is 17.8. The van der Waals surface area contributed by atoms with Crippen LogP contribution in [0.2, 0.25) is 0 Å². The van der Waals surface area contributed by atoms with Gasteiger partial charge < -0.3 is 24.6 Å². The number of hydrogen-bond donors (Lipinski definition) is 2. The van der Waals surface area contributed by atoms with Crippen LogP contribution in [0.5, 0.6) is 0 Å². The topological polar surface area (TPSA) is 96.7 Å². The van der Waals surface area contributed by atoms with Gasteiger partial charge >= 0.3 is 11.9 Å². The van der Waals surface area contributed by atoms with Crippen LogP contribution in [-0.2, 0) is 9.53 Å². The number of aromatic carboxylic acids is 1. The molecule has 32 heavy (non-hydrogen) atoms. The fraction of sp³-hybridized carbons (Fsp3) is 0.217. The number of nitrogens with zero attached hydrogens (tertiary/aromatic N) is 3. The molecule has 2 N–H and O–H groups in total. The largest absolute Gasteiger partial charge is 0.478 e. The minimum atomic E-state index is -0.990. The maximum absolute atomic E-state index is 11.8. The third-order valence-corrected chi connectivity index (χ3v) is 5.79. The minimum Gasteiger partial charge on any atom is -0.478 e. The first-order chi connectivity index (χ1) is 15.5. The Morgan fingerprint density at radius 2 is 2.03 bits per heavy atom. The zero-order valence-corrected chi connectivity index (χ0v) is 18.2. The summed E-state index contributed by atoms with van der Waals surface area (Å²) in [6.45, 7) is 0.368. The van der Waals surface area contributed by atoms with Crippen LogP contribution in [0.4, 0.5) is 0 Å². The van der Waals surface area contributed by atoms with E-state index in [1.807, 2.05) is 52.1 Å². The van der Waals surface area contributed by atoms with Gasteiger partial charge in [0.25, 0.3) is 0 Å². The number of aromatic nitrogens is 2. The molecule has 2 aromatic heterocycles. The molecule has 1 aliphatic rings. The standard InChI is InChI=1S/C23H22N4O4S/c1-31-19(28)10-13-27-21(20(25-23(27)32)17-8-2-3-11-24-17)18-9-5-12-26(18)16-7-4-6-15(14-16)22(29)30/h2-9,11-12,14,20-21H,10,13H2,1H3,(H,25,32)(H,29,30). The number of esters is 1. The highest BCUT2D eigenvalue weighted by molar-refractivity contribution is 7.80. The summed E-state index contributed by atoms with van der Waals surface area (Å²) < 4.78 is 6.75. The van der Waals surface area contributed by atoms with Crippen molar-refractivity contribution in [1.29, 1.82) is 0 Å². The molecule has 0 aliphatic carbocycles. The molecule has 0 radical (unpaired) electrons. The van der Waals surface area contributed by atoms with Crippen molar-refractivity contribution in [3.05, 3.63) is 83.9 Å². The van der Waals surface area contributed by atoms with E-state index in [-0.39, 0.29) is 30.0 Å². The first-order valence-electron chi connectivity index (χ1n) is 10.1. The molecule has 3 heterocycles. The van der Waals surface area contributed by atoms with Crippen LogP contribution >= 0.6 is 12.2 Å². The second-order valence-electron chi connectivity index (χ2n) is 7.30. The average Bonchev–Trinajstić information content (AvgIpc) is 3.42. The molecule has 1 aromatic carbocycles. The van der Waals surface area contributed by atoms with Gasteiger partial charge in [0.1, 0.15) is 0 Å². The van der Waals surface area contributed by atoms with Gasteiger partial charge in [-0.05, 0) is 54.7 Å². The van der Waals surface area contributed by atoms with E-state index in [1.54, 1.807) is 24.4 Å². The fourth-order valence-electron chi connectivity index (χ4n) is 3.94. The molecule has 0 amide bonds. The van der Waals surface area contributed by atoms with Crippen molar-refractivity contribution in [2.75, 3.05) is 13.7 Å². The lowest BCUT2D eigenvalue weighted by Gasteiger charge is -2.28. The Balaban J connectivity index is 1.77. The third kappa shape index (κ3) is 4.19. The van der Waals surface area contributed by atoms with Crippen molar-refractivity contribution in [2.24, 2.45) is 0 Å². The molecule has 8 nitrogen and oxygen atoms in total. The predicted molar refractivity (Wildman–Crippen MR) is 122 cm³/mol. The molecule has 164 valence electrons. The number of carboxylic acid groups (broad SMARTS) is 1. The van der Waals surface area contributed by atoms with Gasteiger partial charge in [0.05, 0.1) is 36.9 Å². The van der Waals surface area contributed by atoms with Crippen LogP contribution < -0.4 is 5.32 Å². The second kappa shape index (κ2) is 9.19. The molecule has 1 aliphatic heterocycles.